The smallest absolute Gasteiger partial charge is 0.242 e. The molecule has 1 atom stereocenters. The quantitative estimate of drug-likeness (QED) is 0.781. The Morgan fingerprint density at radius 1 is 1.58 bits per heavy atom. The summed E-state index contributed by atoms with van der Waals surface area (Å²) in [5, 5.41) is -0.974. The first kappa shape index (κ1) is 15.6. The molecule has 0 saturated heterocycles. The van der Waals surface area contributed by atoms with Crippen molar-refractivity contribution in [2.24, 2.45) is 5.73 Å². The first-order valence-electron chi connectivity index (χ1n) is 5.46. The number of hydrogen-bond donors (Lipinski definition) is 2. The van der Waals surface area contributed by atoms with E-state index < -0.39 is 21.1 Å². The minimum absolute atomic E-state index is 0.0522. The van der Waals surface area contributed by atoms with E-state index in [2.05, 4.69) is 4.72 Å². The van der Waals surface area contributed by atoms with Gasteiger partial charge < -0.3 is 10.5 Å². The van der Waals surface area contributed by atoms with Crippen molar-refractivity contribution in [3.05, 3.63) is 24.0 Å². The number of benzene rings is 1. The van der Waals surface area contributed by atoms with Gasteiger partial charge in [0.2, 0.25) is 10.0 Å². The zero-order chi connectivity index (χ0) is 14.6. The molecule has 8 heteroatoms. The van der Waals surface area contributed by atoms with Gasteiger partial charge in [-0.25, -0.2) is 12.8 Å². The maximum absolute atomic E-state index is 13.2. The van der Waals surface area contributed by atoms with E-state index in [-0.39, 0.29) is 22.8 Å². The Morgan fingerprint density at radius 3 is 2.68 bits per heavy atom. The summed E-state index contributed by atoms with van der Waals surface area (Å²) in [7, 11) is -2.46. The van der Waals surface area contributed by atoms with Crippen LogP contribution in [-0.2, 0) is 10.0 Å². The molecule has 0 aromatic heterocycles. The molecule has 0 radical (unpaired) electrons. The highest BCUT2D eigenvalue weighted by Gasteiger charge is 2.26. The van der Waals surface area contributed by atoms with E-state index >= 15 is 0 Å². The molecule has 1 aromatic carbocycles. The summed E-state index contributed by atoms with van der Waals surface area (Å²) in [6, 6.07) is 3.65. The maximum atomic E-state index is 13.2. The van der Waals surface area contributed by atoms with Crippen molar-refractivity contribution < 1.29 is 17.5 Å². The fourth-order valence-electron chi connectivity index (χ4n) is 1.53. The van der Waals surface area contributed by atoms with Crippen LogP contribution >= 0.6 is 12.2 Å². The second kappa shape index (κ2) is 6.16. The molecule has 0 amide bonds. The number of halogens is 1. The third-order valence-electron chi connectivity index (χ3n) is 2.47. The van der Waals surface area contributed by atoms with Crippen LogP contribution in [0.15, 0.2) is 18.2 Å². The summed E-state index contributed by atoms with van der Waals surface area (Å²) in [6.45, 7) is 1.66. The largest absolute Gasteiger partial charge is 0.494 e. The van der Waals surface area contributed by atoms with Crippen molar-refractivity contribution in [1.82, 2.24) is 0 Å². The predicted octanol–water partition coefficient (Wildman–Crippen LogP) is 1.64. The Bertz CT molecular complexity index is 575. The molecule has 0 aliphatic heterocycles. The normalized spacial score (nSPS) is 12.8. The third-order valence-corrected chi connectivity index (χ3v) is 4.76. The van der Waals surface area contributed by atoms with Crippen LogP contribution in [0.5, 0.6) is 5.75 Å². The van der Waals surface area contributed by atoms with Gasteiger partial charge in [-0.3, -0.25) is 4.72 Å². The Labute approximate surface area is 117 Å². The number of ether oxygens (including phenoxy) is 1. The molecule has 0 saturated carbocycles. The van der Waals surface area contributed by atoms with Crippen molar-refractivity contribution in [2.75, 3.05) is 11.8 Å². The van der Waals surface area contributed by atoms with E-state index in [9.17, 15) is 12.8 Å². The van der Waals surface area contributed by atoms with Crippen LogP contribution < -0.4 is 15.2 Å². The number of nitrogens with one attached hydrogen (secondary N) is 1. The molecule has 19 heavy (non-hydrogen) atoms. The van der Waals surface area contributed by atoms with Crippen molar-refractivity contribution in [1.29, 1.82) is 0 Å². The SMILES string of the molecule is CCC(C(N)=S)S(=O)(=O)Nc1ccc(F)c(OC)c1. The zero-order valence-electron chi connectivity index (χ0n) is 10.5. The highest BCUT2D eigenvalue weighted by atomic mass is 32.2. The number of rotatable bonds is 6. The van der Waals surface area contributed by atoms with Crippen LogP contribution in [0, 0.1) is 5.82 Å². The Hall–Kier alpha value is -1.41. The molecule has 0 spiro atoms. The van der Waals surface area contributed by atoms with Crippen molar-refractivity contribution in [2.45, 2.75) is 18.6 Å². The lowest BCUT2D eigenvalue weighted by molar-refractivity contribution is 0.387. The standard InChI is InChI=1S/C11H15FN2O3S2/c1-3-10(11(13)18)19(15,16)14-7-4-5-8(12)9(6-7)17-2/h4-6,10,14H,3H2,1-2H3,(H2,13,18). The summed E-state index contributed by atoms with van der Waals surface area (Å²) < 4.78 is 44.4. The molecular weight excluding hydrogens is 291 g/mol. The number of thiocarbonyl (C=S) groups is 1. The van der Waals surface area contributed by atoms with Crippen LogP contribution in [-0.4, -0.2) is 25.8 Å². The van der Waals surface area contributed by atoms with Gasteiger partial charge in [-0.1, -0.05) is 19.1 Å². The van der Waals surface area contributed by atoms with Crippen molar-refractivity contribution in [3.8, 4) is 5.75 Å². The van der Waals surface area contributed by atoms with E-state index in [4.69, 9.17) is 22.7 Å². The van der Waals surface area contributed by atoms with Gasteiger partial charge in [0.25, 0.3) is 0 Å². The second-order valence-corrected chi connectivity index (χ2v) is 6.13. The Balaban J connectivity index is 3.04. The number of sulfonamides is 1. The van der Waals surface area contributed by atoms with E-state index in [1.54, 1.807) is 6.92 Å². The molecule has 0 heterocycles. The van der Waals surface area contributed by atoms with Gasteiger partial charge >= 0.3 is 0 Å². The third kappa shape index (κ3) is 3.77. The highest BCUT2D eigenvalue weighted by molar-refractivity contribution is 7.95. The molecule has 0 aliphatic carbocycles. The fraction of sp³-hybridized carbons (Fsp3) is 0.364. The van der Waals surface area contributed by atoms with Gasteiger partial charge in [0.1, 0.15) is 5.25 Å². The molecule has 1 rings (SSSR count). The van der Waals surface area contributed by atoms with Crippen LogP contribution in [0.2, 0.25) is 0 Å². The Kier molecular flexibility index (Phi) is 5.07. The van der Waals surface area contributed by atoms with Crippen molar-refractivity contribution >= 4 is 32.9 Å². The monoisotopic (exact) mass is 306 g/mol. The van der Waals surface area contributed by atoms with Crippen LogP contribution in [0.3, 0.4) is 0 Å². The first-order valence-corrected chi connectivity index (χ1v) is 7.41. The average molecular weight is 306 g/mol. The minimum Gasteiger partial charge on any atom is -0.494 e. The number of anilines is 1. The lowest BCUT2D eigenvalue weighted by atomic mass is 10.3. The lowest BCUT2D eigenvalue weighted by Gasteiger charge is -2.16. The molecule has 1 aromatic rings. The van der Waals surface area contributed by atoms with Crippen LogP contribution in [0.1, 0.15) is 13.3 Å². The molecule has 0 bridgehead atoms. The number of nitrogens with two attached hydrogens (primary N) is 1. The van der Waals surface area contributed by atoms with Gasteiger partial charge in [0, 0.05) is 6.07 Å². The summed E-state index contributed by atoms with van der Waals surface area (Å²) in [4.78, 5) is -0.107. The van der Waals surface area contributed by atoms with Crippen molar-refractivity contribution in [3.63, 3.8) is 0 Å². The van der Waals surface area contributed by atoms with E-state index in [1.165, 1.54) is 19.2 Å². The average Bonchev–Trinajstić information content (AvgIpc) is 2.31. The van der Waals surface area contributed by atoms with Crippen LogP contribution in [0.25, 0.3) is 0 Å². The zero-order valence-corrected chi connectivity index (χ0v) is 12.1. The van der Waals surface area contributed by atoms with Gasteiger partial charge in [-0.15, -0.1) is 0 Å². The van der Waals surface area contributed by atoms with Gasteiger partial charge in [0.05, 0.1) is 17.8 Å². The number of methoxy groups -OCH3 is 1. The van der Waals surface area contributed by atoms with Gasteiger partial charge in [-0.2, -0.15) is 0 Å². The molecule has 0 fully saturated rings. The van der Waals surface area contributed by atoms with E-state index in [0.717, 1.165) is 6.07 Å². The fourth-order valence-corrected chi connectivity index (χ4v) is 3.42. The molecule has 5 nitrogen and oxygen atoms in total. The second-order valence-electron chi connectivity index (χ2n) is 3.80. The summed E-state index contributed by atoms with van der Waals surface area (Å²) >= 11 is 4.72. The first-order chi connectivity index (χ1) is 8.81. The van der Waals surface area contributed by atoms with Gasteiger partial charge in [-0.05, 0) is 18.6 Å². The summed E-state index contributed by atoms with van der Waals surface area (Å²) in [6.07, 6.45) is 0.253. The van der Waals surface area contributed by atoms with E-state index in [0.29, 0.717) is 0 Å². The topological polar surface area (TPSA) is 81.4 Å². The van der Waals surface area contributed by atoms with Crippen LogP contribution in [0.4, 0.5) is 10.1 Å². The van der Waals surface area contributed by atoms with E-state index in [1.807, 2.05) is 0 Å². The molecule has 0 aliphatic rings. The molecule has 106 valence electrons. The lowest BCUT2D eigenvalue weighted by Crippen LogP contribution is -2.37. The van der Waals surface area contributed by atoms with Gasteiger partial charge in [0.15, 0.2) is 11.6 Å². The molecule has 1 unspecified atom stereocenters. The predicted molar refractivity (Wildman–Crippen MR) is 76.4 cm³/mol. The molecule has 3 N–H and O–H groups in total. The highest BCUT2D eigenvalue weighted by Crippen LogP contribution is 2.23. The number of hydrogen-bond acceptors (Lipinski definition) is 4. The minimum atomic E-state index is -3.76. The summed E-state index contributed by atoms with van der Waals surface area (Å²) in [5.74, 6) is -0.629. The molecular formula is C11H15FN2O3S2. The Morgan fingerprint density at radius 2 is 2.21 bits per heavy atom. The summed E-state index contributed by atoms with van der Waals surface area (Å²) in [5.41, 5.74) is 5.58. The maximum Gasteiger partial charge on any atom is 0.242 e.